The number of aliphatic carboxylic acids is 1. The van der Waals surface area contributed by atoms with Crippen molar-refractivity contribution in [2.45, 2.75) is 102 Å². The maximum absolute atomic E-state index is 13.4. The van der Waals surface area contributed by atoms with Gasteiger partial charge in [0.25, 0.3) is 5.91 Å². The number of carboxylic acids is 1. The first kappa shape index (κ1) is 35.1. The minimum absolute atomic E-state index is 0.0302. The molecule has 0 saturated carbocycles. The third-order valence-electron chi connectivity index (χ3n) is 8.64. The second kappa shape index (κ2) is 15.0. The number of methoxy groups -OCH3 is 2. The van der Waals surface area contributed by atoms with Crippen LogP contribution in [0.4, 0.5) is 0 Å². The first-order chi connectivity index (χ1) is 20.3. The SMILES string of the molecule is C=C1C[C@](OC)([C@H](O)C(=O)N[C@H]2OCO[C@H]3[C@H]2O[C@H](C[C@H](O)/C=C/C/C=C/C=C/C(=O)O)C(C)(C)[C@@H]3OC)O[C@H](C)[C@@H]1C. The molecule has 3 aliphatic rings. The van der Waals surface area contributed by atoms with E-state index in [4.69, 9.17) is 33.5 Å². The molecule has 0 aromatic rings. The molecule has 0 unspecified atom stereocenters. The predicted molar refractivity (Wildman–Crippen MR) is 156 cm³/mol. The smallest absolute Gasteiger partial charge is 0.328 e. The molecule has 12 nitrogen and oxygen atoms in total. The van der Waals surface area contributed by atoms with Crippen LogP contribution in [0.2, 0.25) is 0 Å². The van der Waals surface area contributed by atoms with Crippen molar-refractivity contribution < 1.29 is 53.3 Å². The van der Waals surface area contributed by atoms with E-state index in [1.807, 2.05) is 27.7 Å². The molecule has 3 saturated heterocycles. The van der Waals surface area contributed by atoms with Gasteiger partial charge in [-0.15, -0.1) is 0 Å². The molecule has 0 aromatic heterocycles. The van der Waals surface area contributed by atoms with E-state index in [0.717, 1.165) is 11.6 Å². The normalized spacial score (nSPS) is 36.1. The van der Waals surface area contributed by atoms with Gasteiger partial charge in [0.2, 0.25) is 5.79 Å². The second-order valence-corrected chi connectivity index (χ2v) is 11.9. The maximum atomic E-state index is 13.4. The van der Waals surface area contributed by atoms with Crippen molar-refractivity contribution >= 4 is 11.9 Å². The minimum atomic E-state index is -1.69. The summed E-state index contributed by atoms with van der Waals surface area (Å²) in [6.45, 7) is 11.7. The molecule has 43 heavy (non-hydrogen) atoms. The molecule has 0 spiro atoms. The van der Waals surface area contributed by atoms with Gasteiger partial charge in [-0.05, 0) is 13.3 Å². The monoisotopic (exact) mass is 609 g/mol. The summed E-state index contributed by atoms with van der Waals surface area (Å²) in [6, 6.07) is 0. The Morgan fingerprint density at radius 3 is 2.49 bits per heavy atom. The number of rotatable bonds is 12. The lowest BCUT2D eigenvalue weighted by molar-refractivity contribution is -0.332. The first-order valence-electron chi connectivity index (χ1n) is 14.5. The lowest BCUT2D eigenvalue weighted by atomic mass is 9.72. The molecule has 0 bridgehead atoms. The van der Waals surface area contributed by atoms with Gasteiger partial charge in [0.1, 0.15) is 19.0 Å². The number of carbonyl (C=O) groups excluding carboxylic acids is 1. The van der Waals surface area contributed by atoms with Gasteiger partial charge in [-0.1, -0.05) is 63.3 Å². The zero-order valence-electron chi connectivity index (χ0n) is 25.8. The van der Waals surface area contributed by atoms with Crippen LogP contribution >= 0.6 is 0 Å². The highest BCUT2D eigenvalue weighted by molar-refractivity contribution is 5.82. The molecule has 3 aliphatic heterocycles. The lowest BCUT2D eigenvalue weighted by Crippen LogP contribution is -2.69. The summed E-state index contributed by atoms with van der Waals surface area (Å²) in [5, 5.41) is 33.3. The van der Waals surface area contributed by atoms with Gasteiger partial charge in [0.15, 0.2) is 12.3 Å². The van der Waals surface area contributed by atoms with Gasteiger partial charge in [0.05, 0.1) is 24.4 Å². The van der Waals surface area contributed by atoms with Crippen molar-refractivity contribution in [3.05, 3.63) is 48.6 Å². The fraction of sp³-hybridized carbons (Fsp3) is 0.677. The van der Waals surface area contributed by atoms with E-state index in [0.29, 0.717) is 6.42 Å². The highest BCUT2D eigenvalue weighted by atomic mass is 16.7. The number of fused-ring (bicyclic) bond motifs is 1. The maximum Gasteiger partial charge on any atom is 0.328 e. The molecule has 242 valence electrons. The summed E-state index contributed by atoms with van der Waals surface area (Å²) < 4.78 is 35.5. The van der Waals surface area contributed by atoms with Crippen molar-refractivity contribution in [3.63, 3.8) is 0 Å². The molecule has 3 rings (SSSR count). The molecule has 3 fully saturated rings. The number of aliphatic hydroxyl groups excluding tert-OH is 2. The Balaban J connectivity index is 1.71. The Hall–Kier alpha value is -2.42. The summed E-state index contributed by atoms with van der Waals surface area (Å²) >= 11 is 0. The topological polar surface area (TPSA) is 162 Å². The lowest BCUT2D eigenvalue weighted by Gasteiger charge is -2.54. The van der Waals surface area contributed by atoms with Crippen LogP contribution in [-0.2, 0) is 38.0 Å². The van der Waals surface area contributed by atoms with Gasteiger partial charge in [-0.2, -0.15) is 0 Å². The minimum Gasteiger partial charge on any atom is -0.478 e. The van der Waals surface area contributed by atoms with E-state index in [1.54, 1.807) is 31.4 Å². The number of carboxylic acid groups (broad SMARTS) is 1. The summed E-state index contributed by atoms with van der Waals surface area (Å²) in [5.41, 5.74) is 0.207. The standard InChI is InChI=1S/C31H47NO11/c1-18-16-31(39-7,43-20(3)19(18)2)26(36)28(37)32-29-25-24(40-17-41-29)27(38-6)30(4,5)22(42-25)15-21(33)13-11-9-8-10-12-14-23(34)35/h8,10-14,19-22,24-27,29,33,36H,1,9,15-17H2,2-7H3,(H,32,37)(H,34,35)/b10-8+,13-11+,14-12+/t19-,20-,21-,22-,24+,25-,26-,27-,29+,31-/m1/s1. The number of allylic oxidation sites excluding steroid dienone is 4. The van der Waals surface area contributed by atoms with E-state index in [2.05, 4.69) is 11.9 Å². The van der Waals surface area contributed by atoms with Crippen LogP contribution < -0.4 is 5.32 Å². The Kier molecular flexibility index (Phi) is 12.3. The van der Waals surface area contributed by atoms with Gasteiger partial charge >= 0.3 is 5.97 Å². The first-order valence-corrected chi connectivity index (χ1v) is 14.5. The van der Waals surface area contributed by atoms with Crippen molar-refractivity contribution in [2.24, 2.45) is 11.3 Å². The molecular weight excluding hydrogens is 562 g/mol. The average molecular weight is 610 g/mol. The Bertz CT molecular complexity index is 1070. The number of nitrogens with one attached hydrogen (secondary N) is 1. The summed E-state index contributed by atoms with van der Waals surface area (Å²) in [7, 11) is 2.95. The summed E-state index contributed by atoms with van der Waals surface area (Å²) in [4.78, 5) is 23.9. The summed E-state index contributed by atoms with van der Waals surface area (Å²) in [6.07, 6.45) is 3.81. The number of hydrogen-bond acceptors (Lipinski definition) is 10. The van der Waals surface area contributed by atoms with Crippen LogP contribution in [0.25, 0.3) is 0 Å². The molecule has 3 heterocycles. The number of aliphatic hydroxyl groups is 2. The third-order valence-corrected chi connectivity index (χ3v) is 8.64. The number of ether oxygens (including phenoxy) is 6. The molecule has 0 aliphatic carbocycles. The van der Waals surface area contributed by atoms with Crippen LogP contribution in [-0.4, -0.2) is 103 Å². The van der Waals surface area contributed by atoms with Crippen LogP contribution in [0, 0.1) is 11.3 Å². The van der Waals surface area contributed by atoms with E-state index >= 15 is 0 Å². The van der Waals surface area contributed by atoms with Crippen LogP contribution in [0.5, 0.6) is 0 Å². The van der Waals surface area contributed by atoms with E-state index in [1.165, 1.54) is 13.2 Å². The molecular formula is C31H47NO11. The molecule has 10 atom stereocenters. The highest BCUT2D eigenvalue weighted by Crippen LogP contribution is 2.44. The second-order valence-electron chi connectivity index (χ2n) is 11.9. The third kappa shape index (κ3) is 8.20. The largest absolute Gasteiger partial charge is 0.478 e. The van der Waals surface area contributed by atoms with Gasteiger partial charge in [-0.3, -0.25) is 4.79 Å². The number of amides is 1. The molecule has 4 N–H and O–H groups in total. The van der Waals surface area contributed by atoms with E-state index < -0.39 is 65.9 Å². The van der Waals surface area contributed by atoms with Crippen LogP contribution in [0.15, 0.2) is 48.6 Å². The van der Waals surface area contributed by atoms with E-state index in [9.17, 15) is 19.8 Å². The molecule has 0 radical (unpaired) electrons. The van der Waals surface area contributed by atoms with Crippen molar-refractivity contribution in [2.75, 3.05) is 21.0 Å². The Morgan fingerprint density at radius 2 is 1.86 bits per heavy atom. The summed E-state index contributed by atoms with van der Waals surface area (Å²) in [5.74, 6) is -3.37. The van der Waals surface area contributed by atoms with Gasteiger partial charge in [-0.25, -0.2) is 4.79 Å². The molecule has 12 heteroatoms. The Labute approximate surface area is 253 Å². The molecule has 1 amide bonds. The number of carbonyl (C=O) groups is 2. The van der Waals surface area contributed by atoms with Gasteiger partial charge in [0, 0.05) is 44.5 Å². The van der Waals surface area contributed by atoms with Crippen LogP contribution in [0.3, 0.4) is 0 Å². The fourth-order valence-electron chi connectivity index (χ4n) is 5.84. The zero-order valence-corrected chi connectivity index (χ0v) is 25.8. The zero-order chi connectivity index (χ0) is 31.9. The van der Waals surface area contributed by atoms with Crippen LogP contribution in [0.1, 0.15) is 47.0 Å². The van der Waals surface area contributed by atoms with E-state index in [-0.39, 0.29) is 31.7 Å². The average Bonchev–Trinajstić information content (AvgIpc) is 2.95. The van der Waals surface area contributed by atoms with Crippen molar-refractivity contribution in [3.8, 4) is 0 Å². The molecule has 0 aromatic carbocycles. The fourth-order valence-corrected chi connectivity index (χ4v) is 5.84. The van der Waals surface area contributed by atoms with Gasteiger partial charge < -0.3 is 49.1 Å². The van der Waals surface area contributed by atoms with Crippen molar-refractivity contribution in [1.29, 1.82) is 0 Å². The predicted octanol–water partition coefficient (Wildman–Crippen LogP) is 2.21. The highest BCUT2D eigenvalue weighted by Gasteiger charge is 2.57. The van der Waals surface area contributed by atoms with Crippen molar-refractivity contribution in [1.82, 2.24) is 5.32 Å². The number of hydrogen-bond donors (Lipinski definition) is 4. The quantitative estimate of drug-likeness (QED) is 0.146. The Morgan fingerprint density at radius 1 is 1.14 bits per heavy atom.